The lowest BCUT2D eigenvalue weighted by atomic mass is 10.1. The number of hydrogen-bond donors (Lipinski definition) is 0. The molecule has 0 N–H and O–H groups in total. The Bertz CT molecular complexity index is 517. The predicted octanol–water partition coefficient (Wildman–Crippen LogP) is 4.29. The van der Waals surface area contributed by atoms with Crippen LogP contribution in [-0.4, -0.2) is 13.3 Å². The van der Waals surface area contributed by atoms with E-state index in [2.05, 4.69) is 47.5 Å². The number of unbranched alkanes of at least 4 members (excludes halogenated alkanes) is 1. The fraction of sp³-hybridized carbons (Fsp3) is 0.278. The normalized spacial score (nSPS) is 10.8. The zero-order valence-corrected chi connectivity index (χ0v) is 12.0. The van der Waals surface area contributed by atoms with Gasteiger partial charge in [-0.3, -0.25) is 4.99 Å². The minimum absolute atomic E-state index is 0.745. The van der Waals surface area contributed by atoms with Crippen molar-refractivity contribution in [2.24, 2.45) is 4.99 Å². The van der Waals surface area contributed by atoms with Crippen molar-refractivity contribution >= 4 is 6.21 Å². The Kier molecular flexibility index (Phi) is 5.84. The van der Waals surface area contributed by atoms with Crippen LogP contribution in [0.25, 0.3) is 0 Å². The molecular formula is C18H21NO. The minimum Gasteiger partial charge on any atom is -0.497 e. The van der Waals surface area contributed by atoms with Crippen LogP contribution in [-0.2, 0) is 13.0 Å². The molecule has 20 heavy (non-hydrogen) atoms. The smallest absolute Gasteiger partial charge is 0.118 e. The molecular weight excluding hydrogens is 246 g/mol. The summed E-state index contributed by atoms with van der Waals surface area (Å²) in [6.45, 7) is 0.745. The first kappa shape index (κ1) is 14.3. The van der Waals surface area contributed by atoms with Crippen molar-refractivity contribution in [2.75, 3.05) is 7.11 Å². The van der Waals surface area contributed by atoms with E-state index in [4.69, 9.17) is 4.74 Å². The molecule has 2 rings (SSSR count). The number of hydrogen-bond acceptors (Lipinski definition) is 2. The number of aliphatic imine (C=N–C) groups is 1. The van der Waals surface area contributed by atoms with Gasteiger partial charge in [0.2, 0.25) is 0 Å². The number of rotatable bonds is 7. The third-order valence-corrected chi connectivity index (χ3v) is 3.20. The molecule has 104 valence electrons. The van der Waals surface area contributed by atoms with Gasteiger partial charge < -0.3 is 4.74 Å². The third kappa shape index (κ3) is 4.88. The van der Waals surface area contributed by atoms with Gasteiger partial charge in [0.15, 0.2) is 0 Å². The van der Waals surface area contributed by atoms with Gasteiger partial charge in [-0.1, -0.05) is 42.5 Å². The summed E-state index contributed by atoms with van der Waals surface area (Å²) in [5, 5.41) is 0. The lowest BCUT2D eigenvalue weighted by Crippen LogP contribution is -1.87. The van der Waals surface area contributed by atoms with Gasteiger partial charge in [-0.05, 0) is 48.7 Å². The lowest BCUT2D eigenvalue weighted by Gasteiger charge is -2.00. The Morgan fingerprint density at radius 1 is 0.950 bits per heavy atom. The van der Waals surface area contributed by atoms with Crippen LogP contribution in [0.2, 0.25) is 0 Å². The molecule has 2 aromatic rings. The van der Waals surface area contributed by atoms with E-state index in [-0.39, 0.29) is 0 Å². The highest BCUT2D eigenvalue weighted by molar-refractivity contribution is 5.57. The first-order valence-corrected chi connectivity index (χ1v) is 7.03. The van der Waals surface area contributed by atoms with Crippen molar-refractivity contribution in [2.45, 2.75) is 25.8 Å². The van der Waals surface area contributed by atoms with Crippen molar-refractivity contribution in [3.63, 3.8) is 0 Å². The summed E-state index contributed by atoms with van der Waals surface area (Å²) < 4.78 is 5.13. The van der Waals surface area contributed by atoms with Gasteiger partial charge in [-0.25, -0.2) is 0 Å². The summed E-state index contributed by atoms with van der Waals surface area (Å²) >= 11 is 0. The number of methoxy groups -OCH3 is 1. The maximum atomic E-state index is 5.13. The minimum atomic E-state index is 0.745. The van der Waals surface area contributed by atoms with Crippen LogP contribution in [0.3, 0.4) is 0 Å². The average molecular weight is 267 g/mol. The Balaban J connectivity index is 1.66. The molecule has 0 spiro atoms. The molecule has 0 unspecified atom stereocenters. The molecule has 0 amide bonds. The molecule has 0 aliphatic heterocycles. The van der Waals surface area contributed by atoms with Crippen molar-refractivity contribution in [3.8, 4) is 5.75 Å². The molecule has 0 bridgehead atoms. The van der Waals surface area contributed by atoms with Gasteiger partial charge in [0.1, 0.15) is 5.75 Å². The van der Waals surface area contributed by atoms with E-state index in [1.165, 1.54) is 11.1 Å². The van der Waals surface area contributed by atoms with Gasteiger partial charge in [-0.2, -0.15) is 0 Å². The quantitative estimate of drug-likeness (QED) is 0.541. The molecule has 0 radical (unpaired) electrons. The predicted molar refractivity (Wildman–Crippen MR) is 84.6 cm³/mol. The standard InChI is InChI=1S/C18H21NO/c1-20-18-12-10-17(11-13-18)15-19-14-6-5-9-16-7-3-2-4-8-16/h2-4,7-8,10-14H,5-6,9,15H2,1H3. The monoisotopic (exact) mass is 267 g/mol. The largest absolute Gasteiger partial charge is 0.497 e. The van der Waals surface area contributed by atoms with Gasteiger partial charge in [-0.15, -0.1) is 0 Å². The summed E-state index contributed by atoms with van der Waals surface area (Å²) in [5.41, 5.74) is 2.61. The molecule has 2 heteroatoms. The molecule has 0 aliphatic rings. The van der Waals surface area contributed by atoms with Crippen LogP contribution in [0.4, 0.5) is 0 Å². The summed E-state index contributed by atoms with van der Waals surface area (Å²) in [6.07, 6.45) is 5.34. The number of ether oxygens (including phenoxy) is 1. The molecule has 0 aliphatic carbocycles. The van der Waals surface area contributed by atoms with E-state index in [0.29, 0.717) is 0 Å². The molecule has 0 fully saturated rings. The molecule has 0 saturated carbocycles. The second-order valence-corrected chi connectivity index (χ2v) is 4.75. The van der Waals surface area contributed by atoms with E-state index in [9.17, 15) is 0 Å². The van der Waals surface area contributed by atoms with E-state index < -0.39 is 0 Å². The van der Waals surface area contributed by atoms with Gasteiger partial charge >= 0.3 is 0 Å². The molecule has 0 atom stereocenters. The van der Waals surface area contributed by atoms with Gasteiger partial charge in [0.25, 0.3) is 0 Å². The Labute approximate surface area is 121 Å². The lowest BCUT2D eigenvalue weighted by molar-refractivity contribution is 0.414. The fourth-order valence-corrected chi connectivity index (χ4v) is 2.03. The third-order valence-electron chi connectivity index (χ3n) is 3.20. The van der Waals surface area contributed by atoms with Crippen LogP contribution in [0.15, 0.2) is 59.6 Å². The molecule has 0 heterocycles. The van der Waals surface area contributed by atoms with Crippen molar-refractivity contribution < 1.29 is 4.74 Å². The highest BCUT2D eigenvalue weighted by atomic mass is 16.5. The highest BCUT2D eigenvalue weighted by Crippen LogP contribution is 2.11. The van der Waals surface area contributed by atoms with E-state index in [1.54, 1.807) is 7.11 Å². The number of nitrogens with zero attached hydrogens (tertiary/aromatic N) is 1. The Morgan fingerprint density at radius 2 is 1.70 bits per heavy atom. The van der Waals surface area contributed by atoms with E-state index in [1.807, 2.05) is 18.3 Å². The van der Waals surface area contributed by atoms with Crippen LogP contribution >= 0.6 is 0 Å². The molecule has 0 aromatic heterocycles. The first-order valence-electron chi connectivity index (χ1n) is 7.03. The summed E-state index contributed by atoms with van der Waals surface area (Å²) in [6, 6.07) is 18.6. The van der Waals surface area contributed by atoms with Crippen molar-refractivity contribution in [1.29, 1.82) is 0 Å². The molecule has 2 aromatic carbocycles. The topological polar surface area (TPSA) is 21.6 Å². The zero-order chi connectivity index (χ0) is 14.0. The van der Waals surface area contributed by atoms with E-state index in [0.717, 1.165) is 31.6 Å². The maximum absolute atomic E-state index is 5.13. The van der Waals surface area contributed by atoms with E-state index >= 15 is 0 Å². The Hall–Kier alpha value is -2.09. The van der Waals surface area contributed by atoms with Crippen LogP contribution in [0.1, 0.15) is 24.0 Å². The van der Waals surface area contributed by atoms with Crippen LogP contribution in [0, 0.1) is 0 Å². The van der Waals surface area contributed by atoms with Gasteiger partial charge in [0.05, 0.1) is 13.7 Å². The van der Waals surface area contributed by atoms with Gasteiger partial charge in [0, 0.05) is 0 Å². The first-order chi connectivity index (χ1) is 9.88. The Morgan fingerprint density at radius 3 is 2.40 bits per heavy atom. The van der Waals surface area contributed by atoms with Crippen LogP contribution < -0.4 is 4.74 Å². The number of aryl methyl sites for hydroxylation is 1. The second kappa shape index (κ2) is 8.16. The summed E-state index contributed by atoms with van der Waals surface area (Å²) in [7, 11) is 1.68. The highest BCUT2D eigenvalue weighted by Gasteiger charge is 1.93. The zero-order valence-electron chi connectivity index (χ0n) is 12.0. The van der Waals surface area contributed by atoms with Crippen molar-refractivity contribution in [1.82, 2.24) is 0 Å². The summed E-state index contributed by atoms with van der Waals surface area (Å²) in [5.74, 6) is 0.889. The number of benzene rings is 2. The summed E-state index contributed by atoms with van der Waals surface area (Å²) in [4.78, 5) is 4.46. The fourth-order valence-electron chi connectivity index (χ4n) is 2.03. The molecule has 0 saturated heterocycles. The second-order valence-electron chi connectivity index (χ2n) is 4.75. The van der Waals surface area contributed by atoms with Crippen molar-refractivity contribution in [3.05, 3.63) is 65.7 Å². The maximum Gasteiger partial charge on any atom is 0.118 e. The average Bonchev–Trinajstić information content (AvgIpc) is 2.52. The van der Waals surface area contributed by atoms with Crippen LogP contribution in [0.5, 0.6) is 5.75 Å². The SMILES string of the molecule is COc1ccc(CN=CCCCc2ccccc2)cc1. The molecule has 2 nitrogen and oxygen atoms in total.